The van der Waals surface area contributed by atoms with Crippen molar-refractivity contribution in [1.29, 1.82) is 0 Å². The molecule has 3 rings (SSSR count). The Morgan fingerprint density at radius 1 is 1.26 bits per heavy atom. The standard InChI is InChI=1S/C25H34ClN3O4S2/c1-17-5-9-19(10-6-17)29(13-4-14-33-20-11-7-18(26)8-12-20)24(32)28-23-27-15-21(35-23)34-16-25(2,3)22(30)31/h7-8,11-12,15,17,19H,4-6,9-10,13-14,16H2,1-3H3,(H,30,31)(H,27,28,32)/t17-,19-. The van der Waals surface area contributed by atoms with E-state index in [-0.39, 0.29) is 12.1 Å². The SMILES string of the molecule is CC(C)(CSc1cnc(NC(=O)N(CCCOc2ccc(Cl)cc2)[C@H]2CC[C@H](C)CC2)s1)C(=O)O. The summed E-state index contributed by atoms with van der Waals surface area (Å²) < 4.78 is 6.70. The average Bonchev–Trinajstić information content (AvgIpc) is 3.27. The van der Waals surface area contributed by atoms with Gasteiger partial charge in [-0.3, -0.25) is 10.1 Å². The van der Waals surface area contributed by atoms with Gasteiger partial charge >= 0.3 is 12.0 Å². The van der Waals surface area contributed by atoms with Gasteiger partial charge in [0.15, 0.2) is 5.13 Å². The number of thiazole rings is 1. The van der Waals surface area contributed by atoms with Crippen molar-refractivity contribution in [2.45, 2.75) is 63.1 Å². The van der Waals surface area contributed by atoms with Gasteiger partial charge in [-0.05, 0) is 76.1 Å². The van der Waals surface area contributed by atoms with Crippen LogP contribution < -0.4 is 10.1 Å². The highest BCUT2D eigenvalue weighted by molar-refractivity contribution is 8.01. The minimum absolute atomic E-state index is 0.146. The highest BCUT2D eigenvalue weighted by Crippen LogP contribution is 2.34. The molecule has 0 spiro atoms. The summed E-state index contributed by atoms with van der Waals surface area (Å²) in [4.78, 5) is 30.9. The van der Waals surface area contributed by atoms with Crippen molar-refractivity contribution in [2.24, 2.45) is 11.3 Å². The first-order valence-corrected chi connectivity index (χ1v) is 14.1. The molecule has 1 aliphatic carbocycles. The Balaban J connectivity index is 1.56. The quantitative estimate of drug-likeness (QED) is 0.239. The van der Waals surface area contributed by atoms with Crippen LogP contribution in [0, 0.1) is 11.3 Å². The van der Waals surface area contributed by atoms with Crippen LogP contribution in [0.15, 0.2) is 34.7 Å². The fourth-order valence-corrected chi connectivity index (χ4v) is 5.89. The highest BCUT2D eigenvalue weighted by Gasteiger charge is 2.29. The molecule has 1 aromatic carbocycles. The van der Waals surface area contributed by atoms with Crippen molar-refractivity contribution in [3.05, 3.63) is 35.5 Å². The number of urea groups is 1. The topological polar surface area (TPSA) is 91.8 Å². The molecule has 0 atom stereocenters. The number of carbonyl (C=O) groups is 2. The predicted molar refractivity (Wildman–Crippen MR) is 143 cm³/mol. The summed E-state index contributed by atoms with van der Waals surface area (Å²) in [6, 6.07) is 7.32. The number of benzene rings is 1. The van der Waals surface area contributed by atoms with E-state index >= 15 is 0 Å². The van der Waals surface area contributed by atoms with Crippen LogP contribution >= 0.6 is 34.7 Å². The average molecular weight is 540 g/mol. The molecule has 10 heteroatoms. The fraction of sp³-hybridized carbons (Fsp3) is 0.560. The summed E-state index contributed by atoms with van der Waals surface area (Å²) in [6.07, 6.45) is 6.63. The zero-order chi connectivity index (χ0) is 25.4. The molecular formula is C25H34ClN3O4S2. The smallest absolute Gasteiger partial charge is 0.323 e. The van der Waals surface area contributed by atoms with Gasteiger partial charge in [-0.2, -0.15) is 0 Å². The van der Waals surface area contributed by atoms with Crippen molar-refractivity contribution in [1.82, 2.24) is 9.88 Å². The van der Waals surface area contributed by atoms with Crippen LogP contribution in [0.5, 0.6) is 5.75 Å². The Bertz CT molecular complexity index is 975. The molecule has 2 N–H and O–H groups in total. The fourth-order valence-electron chi connectivity index (χ4n) is 3.82. The highest BCUT2D eigenvalue weighted by atomic mass is 35.5. The normalized spacial score (nSPS) is 18.2. The van der Waals surface area contributed by atoms with Crippen molar-refractivity contribution < 1.29 is 19.4 Å². The molecule has 0 unspecified atom stereocenters. The van der Waals surface area contributed by atoms with Gasteiger partial charge in [0.25, 0.3) is 0 Å². The maximum absolute atomic E-state index is 13.3. The van der Waals surface area contributed by atoms with Gasteiger partial charge in [-0.15, -0.1) is 11.8 Å². The van der Waals surface area contributed by atoms with Gasteiger partial charge in [-0.25, -0.2) is 9.78 Å². The largest absolute Gasteiger partial charge is 0.494 e. The van der Waals surface area contributed by atoms with Gasteiger partial charge in [0.05, 0.1) is 22.4 Å². The monoisotopic (exact) mass is 539 g/mol. The second-order valence-corrected chi connectivity index (χ2v) is 12.4. The lowest BCUT2D eigenvalue weighted by atomic mass is 9.86. The van der Waals surface area contributed by atoms with Crippen molar-refractivity contribution >= 4 is 51.8 Å². The van der Waals surface area contributed by atoms with E-state index in [1.165, 1.54) is 23.1 Å². The second-order valence-electron chi connectivity index (χ2n) is 9.66. The van der Waals surface area contributed by atoms with Gasteiger partial charge in [0, 0.05) is 23.4 Å². The van der Waals surface area contributed by atoms with E-state index in [0.29, 0.717) is 41.4 Å². The van der Waals surface area contributed by atoms with E-state index in [4.69, 9.17) is 16.3 Å². The minimum atomic E-state index is -0.833. The third-order valence-corrected chi connectivity index (χ3v) is 8.98. The molecule has 2 amide bonds. The molecule has 1 heterocycles. The van der Waals surface area contributed by atoms with Crippen LogP contribution in [-0.2, 0) is 4.79 Å². The molecule has 192 valence electrons. The zero-order valence-electron chi connectivity index (χ0n) is 20.5. The van der Waals surface area contributed by atoms with Crippen molar-refractivity contribution in [3.8, 4) is 5.75 Å². The van der Waals surface area contributed by atoms with E-state index in [0.717, 1.165) is 35.6 Å². The van der Waals surface area contributed by atoms with Crippen LogP contribution in [-0.4, -0.2) is 51.9 Å². The number of hydrogen-bond acceptors (Lipinski definition) is 6. The molecule has 0 saturated heterocycles. The summed E-state index contributed by atoms with van der Waals surface area (Å²) in [5.41, 5.74) is -0.832. The summed E-state index contributed by atoms with van der Waals surface area (Å²) in [5, 5.41) is 13.5. The van der Waals surface area contributed by atoms with Crippen LogP contribution in [0.3, 0.4) is 0 Å². The van der Waals surface area contributed by atoms with E-state index in [2.05, 4.69) is 17.2 Å². The molecule has 0 radical (unpaired) electrons. The number of aromatic nitrogens is 1. The van der Waals surface area contributed by atoms with Crippen LogP contribution in [0.4, 0.5) is 9.93 Å². The van der Waals surface area contributed by atoms with Gasteiger partial charge in [0.2, 0.25) is 0 Å². The van der Waals surface area contributed by atoms with Gasteiger partial charge in [-0.1, -0.05) is 29.9 Å². The van der Waals surface area contributed by atoms with E-state index in [9.17, 15) is 14.7 Å². The summed E-state index contributed by atoms with van der Waals surface area (Å²) >= 11 is 8.74. The maximum atomic E-state index is 13.3. The number of anilines is 1. The zero-order valence-corrected chi connectivity index (χ0v) is 22.8. The molecule has 1 saturated carbocycles. The van der Waals surface area contributed by atoms with Gasteiger partial charge < -0.3 is 14.7 Å². The number of halogens is 1. The molecule has 0 bridgehead atoms. The molecule has 2 aromatic rings. The number of nitrogens with zero attached hydrogens (tertiary/aromatic N) is 2. The van der Waals surface area contributed by atoms with Crippen molar-refractivity contribution in [3.63, 3.8) is 0 Å². The number of carboxylic acids is 1. The van der Waals surface area contributed by atoms with Crippen LogP contribution in [0.2, 0.25) is 5.02 Å². The number of ether oxygens (including phenoxy) is 1. The van der Waals surface area contributed by atoms with E-state index in [1.807, 2.05) is 17.0 Å². The minimum Gasteiger partial charge on any atom is -0.494 e. The van der Waals surface area contributed by atoms with Crippen LogP contribution in [0.25, 0.3) is 0 Å². The molecular weight excluding hydrogens is 506 g/mol. The van der Waals surface area contributed by atoms with Crippen molar-refractivity contribution in [2.75, 3.05) is 24.2 Å². The number of carboxylic acid groups (broad SMARTS) is 1. The molecule has 7 nitrogen and oxygen atoms in total. The first-order valence-electron chi connectivity index (χ1n) is 11.9. The molecule has 35 heavy (non-hydrogen) atoms. The third-order valence-electron chi connectivity index (χ3n) is 6.17. The second kappa shape index (κ2) is 12.8. The maximum Gasteiger partial charge on any atom is 0.323 e. The first kappa shape index (κ1) is 27.6. The molecule has 1 fully saturated rings. The molecule has 1 aromatic heterocycles. The predicted octanol–water partition coefficient (Wildman–Crippen LogP) is 6.88. The lowest BCUT2D eigenvalue weighted by Gasteiger charge is -2.36. The number of rotatable bonds is 11. The summed E-state index contributed by atoms with van der Waals surface area (Å²) in [5.74, 6) is 1.05. The van der Waals surface area contributed by atoms with E-state index < -0.39 is 11.4 Å². The number of aliphatic carboxylic acids is 1. The Morgan fingerprint density at radius 2 is 1.94 bits per heavy atom. The Hall–Kier alpha value is -1.97. The van der Waals surface area contributed by atoms with E-state index in [1.54, 1.807) is 32.2 Å². The number of amides is 2. The lowest BCUT2D eigenvalue weighted by Crippen LogP contribution is -2.45. The Kier molecular flexibility index (Phi) is 10.1. The number of hydrogen-bond donors (Lipinski definition) is 2. The Morgan fingerprint density at radius 3 is 2.60 bits per heavy atom. The molecule has 1 aliphatic rings. The first-order chi connectivity index (χ1) is 16.6. The molecule has 0 aliphatic heterocycles. The number of thioether (sulfide) groups is 1. The summed E-state index contributed by atoms with van der Waals surface area (Å²) in [7, 11) is 0. The number of carbonyl (C=O) groups excluding carboxylic acids is 1. The van der Waals surface area contributed by atoms with Gasteiger partial charge in [0.1, 0.15) is 5.75 Å². The van der Waals surface area contributed by atoms with Crippen LogP contribution in [0.1, 0.15) is 52.9 Å². The lowest BCUT2D eigenvalue weighted by molar-refractivity contribution is -0.145. The third kappa shape index (κ3) is 8.58. The number of nitrogens with one attached hydrogen (secondary N) is 1. The Labute approximate surface area is 220 Å². The summed E-state index contributed by atoms with van der Waals surface area (Å²) in [6.45, 7) is 6.77.